The molecule has 0 radical (unpaired) electrons. The third kappa shape index (κ3) is 2.66. The number of aromatic amines is 1. The zero-order chi connectivity index (χ0) is 13.3. The maximum atomic E-state index is 12.1. The van der Waals surface area contributed by atoms with Crippen LogP contribution in [-0.2, 0) is 0 Å². The number of nitrogen functional groups attached to an aromatic ring is 1. The standard InChI is InChI=1S/C11H10BrIN4O/c1-5-9(14)10(17-16-5)15-11(18)7-4-6(12)2-3-8(7)13/h2-4H,14H2,1H3,(H2,15,16,17,18). The van der Waals surface area contributed by atoms with Crippen molar-refractivity contribution in [2.75, 3.05) is 11.1 Å². The average molecular weight is 421 g/mol. The van der Waals surface area contributed by atoms with E-state index in [-0.39, 0.29) is 5.91 Å². The summed E-state index contributed by atoms with van der Waals surface area (Å²) in [7, 11) is 0. The van der Waals surface area contributed by atoms with Gasteiger partial charge in [-0.2, -0.15) is 5.10 Å². The normalized spacial score (nSPS) is 10.4. The zero-order valence-corrected chi connectivity index (χ0v) is 13.2. The number of amides is 1. The summed E-state index contributed by atoms with van der Waals surface area (Å²) >= 11 is 5.45. The van der Waals surface area contributed by atoms with E-state index >= 15 is 0 Å². The number of H-pyrrole nitrogens is 1. The fraction of sp³-hybridized carbons (Fsp3) is 0.0909. The van der Waals surface area contributed by atoms with E-state index in [4.69, 9.17) is 5.73 Å². The maximum Gasteiger partial charge on any atom is 0.258 e. The second-order valence-electron chi connectivity index (χ2n) is 3.69. The molecule has 0 bridgehead atoms. The summed E-state index contributed by atoms with van der Waals surface area (Å²) in [6, 6.07) is 5.50. The number of aromatic nitrogens is 2. The number of anilines is 2. The molecule has 1 aromatic carbocycles. The molecule has 0 unspecified atom stereocenters. The summed E-state index contributed by atoms with van der Waals surface area (Å²) in [6.07, 6.45) is 0. The number of nitrogens with zero attached hydrogens (tertiary/aromatic N) is 1. The SMILES string of the molecule is Cc1[nH]nc(NC(=O)c2cc(Br)ccc2I)c1N. The van der Waals surface area contributed by atoms with Gasteiger partial charge >= 0.3 is 0 Å². The molecule has 4 N–H and O–H groups in total. The second kappa shape index (κ2) is 5.27. The smallest absolute Gasteiger partial charge is 0.258 e. The molecule has 5 nitrogen and oxygen atoms in total. The van der Waals surface area contributed by atoms with Crippen LogP contribution in [0, 0.1) is 10.5 Å². The Morgan fingerprint density at radius 2 is 2.28 bits per heavy atom. The highest BCUT2D eigenvalue weighted by Gasteiger charge is 2.14. The molecule has 0 fully saturated rings. The Bertz CT molecular complexity index is 611. The molecule has 0 aliphatic rings. The minimum absolute atomic E-state index is 0.237. The first-order valence-corrected chi connectivity index (χ1v) is 6.93. The van der Waals surface area contributed by atoms with Gasteiger partial charge in [-0.1, -0.05) is 15.9 Å². The lowest BCUT2D eigenvalue weighted by Crippen LogP contribution is -2.14. The predicted octanol–water partition coefficient (Wildman–Crippen LogP) is 2.92. The van der Waals surface area contributed by atoms with Gasteiger partial charge in [-0.15, -0.1) is 0 Å². The lowest BCUT2D eigenvalue weighted by Gasteiger charge is -2.06. The van der Waals surface area contributed by atoms with Gasteiger partial charge in [-0.05, 0) is 47.7 Å². The van der Waals surface area contributed by atoms with Crippen LogP contribution < -0.4 is 11.1 Å². The zero-order valence-electron chi connectivity index (χ0n) is 9.42. The van der Waals surface area contributed by atoms with Crippen LogP contribution in [0.3, 0.4) is 0 Å². The number of hydrogen-bond donors (Lipinski definition) is 3. The van der Waals surface area contributed by atoms with Crippen molar-refractivity contribution in [1.82, 2.24) is 10.2 Å². The largest absolute Gasteiger partial charge is 0.394 e. The van der Waals surface area contributed by atoms with Crippen molar-refractivity contribution in [3.8, 4) is 0 Å². The van der Waals surface area contributed by atoms with Crippen LogP contribution >= 0.6 is 38.5 Å². The fourth-order valence-corrected chi connectivity index (χ4v) is 2.32. The molecule has 7 heteroatoms. The molecule has 0 atom stereocenters. The number of halogens is 2. The third-order valence-electron chi connectivity index (χ3n) is 2.40. The molecule has 2 rings (SSSR count). The summed E-state index contributed by atoms with van der Waals surface area (Å²) in [4.78, 5) is 12.1. The molecule has 0 saturated heterocycles. The second-order valence-corrected chi connectivity index (χ2v) is 5.77. The van der Waals surface area contributed by atoms with Crippen molar-refractivity contribution in [1.29, 1.82) is 0 Å². The Morgan fingerprint density at radius 1 is 1.56 bits per heavy atom. The minimum atomic E-state index is -0.237. The molecule has 0 saturated carbocycles. The van der Waals surface area contributed by atoms with Gasteiger partial charge in [0.25, 0.3) is 5.91 Å². The van der Waals surface area contributed by atoms with Gasteiger partial charge in [0, 0.05) is 8.04 Å². The van der Waals surface area contributed by atoms with E-state index in [1.54, 1.807) is 13.0 Å². The van der Waals surface area contributed by atoms with E-state index in [0.29, 0.717) is 17.1 Å². The molecule has 0 aliphatic carbocycles. The van der Waals surface area contributed by atoms with Crippen LogP contribution in [0.4, 0.5) is 11.5 Å². The number of nitrogens with one attached hydrogen (secondary N) is 2. The van der Waals surface area contributed by atoms with Crippen molar-refractivity contribution in [3.63, 3.8) is 0 Å². The van der Waals surface area contributed by atoms with Crippen LogP contribution in [0.5, 0.6) is 0 Å². The highest BCUT2D eigenvalue weighted by molar-refractivity contribution is 14.1. The van der Waals surface area contributed by atoms with Gasteiger partial charge in [0.15, 0.2) is 5.82 Å². The molecule has 0 aliphatic heterocycles. The summed E-state index contributed by atoms with van der Waals surface area (Å²) in [5, 5.41) is 9.34. The Kier molecular flexibility index (Phi) is 3.91. The molecule has 1 heterocycles. The number of carbonyl (C=O) groups is 1. The first-order chi connectivity index (χ1) is 8.49. The molecular weight excluding hydrogens is 411 g/mol. The third-order valence-corrected chi connectivity index (χ3v) is 3.83. The number of nitrogens with two attached hydrogens (primary N) is 1. The van der Waals surface area contributed by atoms with Crippen molar-refractivity contribution in [3.05, 3.63) is 37.5 Å². The Hall–Kier alpha value is -1.09. The van der Waals surface area contributed by atoms with E-state index in [9.17, 15) is 4.79 Å². The molecule has 2 aromatic rings. The van der Waals surface area contributed by atoms with Gasteiger partial charge in [0.1, 0.15) is 0 Å². The van der Waals surface area contributed by atoms with Crippen LogP contribution in [0.1, 0.15) is 16.1 Å². The Morgan fingerprint density at radius 3 is 2.89 bits per heavy atom. The maximum absolute atomic E-state index is 12.1. The topological polar surface area (TPSA) is 83.8 Å². The fourth-order valence-electron chi connectivity index (χ4n) is 1.38. The first kappa shape index (κ1) is 13.3. The van der Waals surface area contributed by atoms with Crippen LogP contribution in [0.25, 0.3) is 0 Å². The molecular formula is C11H10BrIN4O. The van der Waals surface area contributed by atoms with Crippen LogP contribution in [0.15, 0.2) is 22.7 Å². The number of hydrogen-bond acceptors (Lipinski definition) is 3. The minimum Gasteiger partial charge on any atom is -0.394 e. The van der Waals surface area contributed by atoms with Gasteiger partial charge < -0.3 is 11.1 Å². The van der Waals surface area contributed by atoms with Crippen LogP contribution in [-0.4, -0.2) is 16.1 Å². The molecule has 1 aromatic heterocycles. The summed E-state index contributed by atoms with van der Waals surface area (Å²) < 4.78 is 1.71. The highest BCUT2D eigenvalue weighted by Crippen LogP contribution is 2.22. The van der Waals surface area contributed by atoms with E-state index in [1.165, 1.54) is 0 Å². The van der Waals surface area contributed by atoms with Gasteiger partial charge in [-0.3, -0.25) is 9.89 Å². The number of rotatable bonds is 2. The number of benzene rings is 1. The lowest BCUT2D eigenvalue weighted by atomic mass is 10.2. The summed E-state index contributed by atoms with van der Waals surface area (Å²) in [5.41, 5.74) is 7.53. The molecule has 0 spiro atoms. The highest BCUT2D eigenvalue weighted by atomic mass is 127. The molecule has 94 valence electrons. The van der Waals surface area contributed by atoms with Crippen LogP contribution in [0.2, 0.25) is 0 Å². The van der Waals surface area contributed by atoms with E-state index < -0.39 is 0 Å². The quantitative estimate of drug-likeness (QED) is 0.653. The summed E-state index contributed by atoms with van der Waals surface area (Å²) in [5.74, 6) is 0.118. The lowest BCUT2D eigenvalue weighted by molar-refractivity contribution is 0.102. The van der Waals surface area contributed by atoms with Gasteiger partial charge in [-0.25, -0.2) is 0 Å². The van der Waals surface area contributed by atoms with Crippen molar-refractivity contribution < 1.29 is 4.79 Å². The Labute approximate surface area is 126 Å². The van der Waals surface area contributed by atoms with E-state index in [0.717, 1.165) is 13.7 Å². The van der Waals surface area contributed by atoms with E-state index in [2.05, 4.69) is 54.0 Å². The number of aryl methyl sites for hydroxylation is 1. The van der Waals surface area contributed by atoms with Crippen molar-refractivity contribution in [2.24, 2.45) is 0 Å². The van der Waals surface area contributed by atoms with Crippen molar-refractivity contribution in [2.45, 2.75) is 6.92 Å². The van der Waals surface area contributed by atoms with E-state index in [1.807, 2.05) is 12.1 Å². The first-order valence-electron chi connectivity index (χ1n) is 5.06. The monoisotopic (exact) mass is 420 g/mol. The molecule has 18 heavy (non-hydrogen) atoms. The molecule has 1 amide bonds. The van der Waals surface area contributed by atoms with Crippen molar-refractivity contribution >= 4 is 55.9 Å². The predicted molar refractivity (Wildman–Crippen MR) is 82.5 cm³/mol. The summed E-state index contributed by atoms with van der Waals surface area (Å²) in [6.45, 7) is 1.79. The Balaban J connectivity index is 2.27. The van der Waals surface area contributed by atoms with Gasteiger partial charge in [0.2, 0.25) is 0 Å². The number of carbonyl (C=O) groups excluding carboxylic acids is 1. The average Bonchev–Trinajstić information content (AvgIpc) is 2.64. The van der Waals surface area contributed by atoms with Gasteiger partial charge in [0.05, 0.1) is 16.9 Å².